The van der Waals surface area contributed by atoms with E-state index in [2.05, 4.69) is 22.5 Å². The molecule has 1 atom stereocenters. The number of hydrogen-bond donors (Lipinski definition) is 0. The summed E-state index contributed by atoms with van der Waals surface area (Å²) in [6.45, 7) is 6.47. The van der Waals surface area contributed by atoms with Crippen LogP contribution in [0.5, 0.6) is 0 Å². The number of fused-ring (bicyclic) bond motifs is 1. The van der Waals surface area contributed by atoms with E-state index in [9.17, 15) is 0 Å². The lowest BCUT2D eigenvalue weighted by Crippen LogP contribution is -2.26. The summed E-state index contributed by atoms with van der Waals surface area (Å²) >= 11 is 0. The van der Waals surface area contributed by atoms with Gasteiger partial charge in [0.2, 0.25) is 0 Å². The lowest BCUT2D eigenvalue weighted by Gasteiger charge is -2.27. The Hall–Kier alpha value is -1.76. The molecule has 0 aromatic carbocycles. The number of nitriles is 1. The maximum Gasteiger partial charge on any atom is 0.188 e. The first-order valence-electron chi connectivity index (χ1n) is 5.35. The summed E-state index contributed by atoms with van der Waals surface area (Å²) in [5.74, 6) is 2.00. The number of allylic oxidation sites excluding steroid dienone is 1. The lowest BCUT2D eigenvalue weighted by molar-refractivity contribution is 0.0644. The lowest BCUT2D eigenvalue weighted by atomic mass is 10.1. The van der Waals surface area contributed by atoms with Gasteiger partial charge in [-0.05, 0) is 13.8 Å². The molecule has 0 aliphatic carbocycles. The van der Waals surface area contributed by atoms with E-state index in [1.54, 1.807) is 20.0 Å². The number of nitrogens with zero attached hydrogens (tertiary/aromatic N) is 3. The largest absolute Gasteiger partial charge is 0.477 e. The molecule has 1 aliphatic rings. The minimum Gasteiger partial charge on any atom is -0.477 e. The zero-order chi connectivity index (χ0) is 11.8. The van der Waals surface area contributed by atoms with Crippen molar-refractivity contribution in [2.75, 3.05) is 0 Å². The van der Waals surface area contributed by atoms with Gasteiger partial charge in [0.25, 0.3) is 0 Å². The van der Waals surface area contributed by atoms with E-state index < -0.39 is 5.60 Å². The summed E-state index contributed by atoms with van der Waals surface area (Å²) in [5.41, 5.74) is -0.783. The van der Waals surface area contributed by atoms with Crippen molar-refractivity contribution in [3.8, 4) is 6.07 Å². The molecule has 0 fully saturated rings. The second-order valence-corrected chi connectivity index (χ2v) is 4.61. The molecule has 0 radical (unpaired) electrons. The Morgan fingerprint density at radius 1 is 1.62 bits per heavy atom. The highest BCUT2D eigenvalue weighted by Gasteiger charge is 2.26. The van der Waals surface area contributed by atoms with Crippen LogP contribution in [0.4, 0.5) is 0 Å². The van der Waals surface area contributed by atoms with E-state index in [1.165, 1.54) is 0 Å². The molecule has 1 aliphatic heterocycles. The van der Waals surface area contributed by atoms with Crippen molar-refractivity contribution in [1.29, 1.82) is 5.26 Å². The Balaban J connectivity index is 2.26. The minimum absolute atomic E-state index is 0.273. The maximum absolute atomic E-state index is 8.94. The molecule has 16 heavy (non-hydrogen) atoms. The van der Waals surface area contributed by atoms with Gasteiger partial charge in [0.1, 0.15) is 17.7 Å². The van der Waals surface area contributed by atoms with Gasteiger partial charge >= 0.3 is 0 Å². The Morgan fingerprint density at radius 3 is 3.06 bits per heavy atom. The van der Waals surface area contributed by atoms with Gasteiger partial charge in [-0.3, -0.25) is 0 Å². The standard InChI is InChI=1S/C12H15N3O/c1-9-7-15-5-4-14-11(15)6-10(9)16-12(2,3)8-13/h4-6,9H,7H2,1-3H3. The third kappa shape index (κ3) is 1.94. The Morgan fingerprint density at radius 2 is 2.38 bits per heavy atom. The highest BCUT2D eigenvalue weighted by atomic mass is 16.5. The summed E-state index contributed by atoms with van der Waals surface area (Å²) in [6.07, 6.45) is 5.64. The van der Waals surface area contributed by atoms with E-state index in [0.29, 0.717) is 0 Å². The van der Waals surface area contributed by atoms with Gasteiger partial charge in [0.15, 0.2) is 5.60 Å². The van der Waals surface area contributed by atoms with Crippen molar-refractivity contribution < 1.29 is 4.74 Å². The summed E-state index contributed by atoms with van der Waals surface area (Å²) < 4.78 is 7.79. The predicted molar refractivity (Wildman–Crippen MR) is 60.1 cm³/mol. The molecular weight excluding hydrogens is 202 g/mol. The van der Waals surface area contributed by atoms with Crippen LogP contribution in [-0.4, -0.2) is 15.2 Å². The summed E-state index contributed by atoms with van der Waals surface area (Å²) in [6, 6.07) is 2.14. The van der Waals surface area contributed by atoms with Crippen molar-refractivity contribution in [2.24, 2.45) is 5.92 Å². The summed E-state index contributed by atoms with van der Waals surface area (Å²) in [5, 5.41) is 8.94. The average Bonchev–Trinajstić information content (AvgIpc) is 2.65. The van der Waals surface area contributed by atoms with Crippen LogP contribution in [0.2, 0.25) is 0 Å². The van der Waals surface area contributed by atoms with Crippen molar-refractivity contribution in [2.45, 2.75) is 32.9 Å². The van der Waals surface area contributed by atoms with Gasteiger partial charge in [-0.1, -0.05) is 6.92 Å². The molecular formula is C12H15N3O. The van der Waals surface area contributed by atoms with Crippen LogP contribution < -0.4 is 0 Å². The van der Waals surface area contributed by atoms with Crippen LogP contribution in [0.25, 0.3) is 6.08 Å². The normalized spacial score (nSPS) is 19.6. The highest BCUT2D eigenvalue weighted by Crippen LogP contribution is 2.27. The van der Waals surface area contributed by atoms with Gasteiger partial charge in [-0.25, -0.2) is 4.98 Å². The second kappa shape index (κ2) is 3.67. The zero-order valence-electron chi connectivity index (χ0n) is 9.77. The van der Waals surface area contributed by atoms with E-state index in [0.717, 1.165) is 18.1 Å². The molecule has 0 bridgehead atoms. The van der Waals surface area contributed by atoms with Gasteiger partial charge in [0.05, 0.1) is 0 Å². The molecule has 2 rings (SSSR count). The van der Waals surface area contributed by atoms with E-state index >= 15 is 0 Å². The van der Waals surface area contributed by atoms with Gasteiger partial charge in [-0.15, -0.1) is 0 Å². The molecule has 1 unspecified atom stereocenters. The third-order valence-electron chi connectivity index (χ3n) is 2.62. The fourth-order valence-corrected chi connectivity index (χ4v) is 1.72. The SMILES string of the molecule is CC1Cn2ccnc2C=C1OC(C)(C)C#N. The van der Waals surface area contributed by atoms with Crippen molar-refractivity contribution in [1.82, 2.24) is 9.55 Å². The summed E-state index contributed by atoms with van der Waals surface area (Å²) in [7, 11) is 0. The number of aromatic nitrogens is 2. The molecule has 0 saturated heterocycles. The van der Waals surface area contributed by atoms with E-state index in [1.807, 2.05) is 12.3 Å². The predicted octanol–water partition coefficient (Wildman–Crippen LogP) is 2.19. The number of imidazole rings is 1. The Bertz CT molecular complexity index is 465. The topological polar surface area (TPSA) is 50.8 Å². The average molecular weight is 217 g/mol. The van der Waals surface area contributed by atoms with E-state index in [-0.39, 0.29) is 5.92 Å². The number of ether oxygens (including phenoxy) is 1. The van der Waals surface area contributed by atoms with Gasteiger partial charge in [0, 0.05) is 30.9 Å². The first-order valence-corrected chi connectivity index (χ1v) is 5.35. The first kappa shape index (κ1) is 10.7. The molecule has 0 spiro atoms. The first-order chi connectivity index (χ1) is 7.52. The molecule has 2 heterocycles. The number of rotatable bonds is 2. The fraction of sp³-hybridized carbons (Fsp3) is 0.500. The van der Waals surface area contributed by atoms with Gasteiger partial charge < -0.3 is 9.30 Å². The fourth-order valence-electron chi connectivity index (χ4n) is 1.72. The molecule has 0 saturated carbocycles. The summed E-state index contributed by atoms with van der Waals surface area (Å²) in [4.78, 5) is 4.22. The second-order valence-electron chi connectivity index (χ2n) is 4.61. The Kier molecular flexibility index (Phi) is 2.47. The van der Waals surface area contributed by atoms with Crippen LogP contribution in [-0.2, 0) is 11.3 Å². The van der Waals surface area contributed by atoms with Crippen molar-refractivity contribution in [3.05, 3.63) is 24.0 Å². The van der Waals surface area contributed by atoms with Crippen LogP contribution in [0.15, 0.2) is 18.2 Å². The maximum atomic E-state index is 8.94. The van der Waals surface area contributed by atoms with Crippen LogP contribution >= 0.6 is 0 Å². The molecule has 0 amide bonds. The van der Waals surface area contributed by atoms with Crippen LogP contribution in [0, 0.1) is 17.2 Å². The quantitative estimate of drug-likeness (QED) is 0.763. The molecule has 0 N–H and O–H groups in total. The Labute approximate surface area is 95.2 Å². The van der Waals surface area contributed by atoms with Crippen molar-refractivity contribution in [3.63, 3.8) is 0 Å². The minimum atomic E-state index is -0.783. The van der Waals surface area contributed by atoms with E-state index in [4.69, 9.17) is 10.00 Å². The molecule has 4 nitrogen and oxygen atoms in total. The smallest absolute Gasteiger partial charge is 0.188 e. The van der Waals surface area contributed by atoms with Gasteiger partial charge in [-0.2, -0.15) is 5.26 Å². The van der Waals surface area contributed by atoms with Crippen LogP contribution in [0.3, 0.4) is 0 Å². The molecule has 1 aromatic rings. The molecule has 4 heteroatoms. The third-order valence-corrected chi connectivity index (χ3v) is 2.62. The van der Waals surface area contributed by atoms with Crippen molar-refractivity contribution >= 4 is 6.08 Å². The molecule has 84 valence electrons. The monoisotopic (exact) mass is 217 g/mol. The highest BCUT2D eigenvalue weighted by molar-refractivity contribution is 5.46. The number of hydrogen-bond acceptors (Lipinski definition) is 3. The molecule has 1 aromatic heterocycles. The van der Waals surface area contributed by atoms with Crippen LogP contribution in [0.1, 0.15) is 26.6 Å². The zero-order valence-corrected chi connectivity index (χ0v) is 9.77.